The minimum Gasteiger partial charge on any atom is -0.497 e. The van der Waals surface area contributed by atoms with Crippen molar-refractivity contribution in [1.82, 2.24) is 14.8 Å². The van der Waals surface area contributed by atoms with E-state index in [1.165, 1.54) is 4.90 Å². The monoisotopic (exact) mass is 480 g/mol. The number of nitrogens with zero attached hydrogens (tertiary/aromatic N) is 3. The summed E-state index contributed by atoms with van der Waals surface area (Å²) in [6.45, 7) is 0.825. The maximum absolute atomic E-state index is 13.5. The van der Waals surface area contributed by atoms with Gasteiger partial charge in [0.25, 0.3) is 11.8 Å². The minimum absolute atomic E-state index is 0.153. The van der Waals surface area contributed by atoms with Gasteiger partial charge in [-0.3, -0.25) is 19.3 Å². The Morgan fingerprint density at radius 2 is 1.72 bits per heavy atom. The molecule has 3 amide bonds. The number of carbonyl (C=O) groups is 3. The average Bonchev–Trinajstić information content (AvgIpc) is 3.45. The molecule has 8 nitrogen and oxygen atoms in total. The highest BCUT2D eigenvalue weighted by atomic mass is 16.5. The average molecular weight is 481 g/mol. The van der Waals surface area contributed by atoms with E-state index >= 15 is 0 Å². The van der Waals surface area contributed by atoms with E-state index in [1.54, 1.807) is 42.3 Å². The molecule has 3 heterocycles. The number of aromatic nitrogens is 1. The molecule has 1 atom stereocenters. The van der Waals surface area contributed by atoms with E-state index in [-0.39, 0.29) is 24.3 Å². The van der Waals surface area contributed by atoms with Gasteiger partial charge in [-0.1, -0.05) is 30.3 Å². The molecular weight excluding hydrogens is 456 g/mol. The fraction of sp³-hybridized carbons (Fsp3) is 0.179. The number of hydrogen-bond acceptors (Lipinski definition) is 4. The van der Waals surface area contributed by atoms with Crippen LogP contribution in [0.25, 0.3) is 10.9 Å². The summed E-state index contributed by atoms with van der Waals surface area (Å²) in [4.78, 5) is 42.8. The number of ether oxygens (including phenoxy) is 1. The van der Waals surface area contributed by atoms with Crippen molar-refractivity contribution in [1.29, 1.82) is 0 Å². The van der Waals surface area contributed by atoms with Crippen LogP contribution in [-0.2, 0) is 11.3 Å². The largest absolute Gasteiger partial charge is 0.497 e. The van der Waals surface area contributed by atoms with Crippen molar-refractivity contribution in [3.63, 3.8) is 0 Å². The molecule has 4 aromatic rings. The van der Waals surface area contributed by atoms with Gasteiger partial charge in [-0.05, 0) is 42.5 Å². The fourth-order valence-electron chi connectivity index (χ4n) is 5.16. The summed E-state index contributed by atoms with van der Waals surface area (Å²) in [5.74, 6) is 0.0777. The molecule has 0 radical (unpaired) electrons. The smallest absolute Gasteiger partial charge is 0.260 e. The fourth-order valence-corrected chi connectivity index (χ4v) is 5.16. The Kier molecular flexibility index (Phi) is 5.21. The zero-order valence-electron chi connectivity index (χ0n) is 19.7. The van der Waals surface area contributed by atoms with Gasteiger partial charge in [0.2, 0.25) is 5.91 Å². The van der Waals surface area contributed by atoms with Crippen molar-refractivity contribution < 1.29 is 19.1 Å². The molecule has 0 bridgehead atoms. The number of nitrogens with one attached hydrogen (secondary N) is 1. The van der Waals surface area contributed by atoms with Crippen molar-refractivity contribution in [2.24, 2.45) is 0 Å². The van der Waals surface area contributed by atoms with Crippen LogP contribution in [0.5, 0.6) is 5.75 Å². The van der Waals surface area contributed by atoms with E-state index in [9.17, 15) is 14.4 Å². The summed E-state index contributed by atoms with van der Waals surface area (Å²) < 4.78 is 7.34. The normalized spacial score (nSPS) is 16.1. The van der Waals surface area contributed by atoms with Gasteiger partial charge in [-0.15, -0.1) is 0 Å². The molecular formula is C28H24N4O4. The predicted octanol–water partition coefficient (Wildman–Crippen LogP) is 3.58. The lowest BCUT2D eigenvalue weighted by atomic mass is 10.0. The van der Waals surface area contributed by atoms with Crippen molar-refractivity contribution in [2.45, 2.75) is 12.7 Å². The van der Waals surface area contributed by atoms with E-state index in [0.29, 0.717) is 29.9 Å². The van der Waals surface area contributed by atoms with Gasteiger partial charge in [0.15, 0.2) is 0 Å². The van der Waals surface area contributed by atoms with E-state index < -0.39 is 6.17 Å². The third-order valence-electron chi connectivity index (χ3n) is 6.85. The Hall–Kier alpha value is -4.59. The predicted molar refractivity (Wildman–Crippen MR) is 135 cm³/mol. The highest BCUT2D eigenvalue weighted by Crippen LogP contribution is 2.44. The maximum atomic E-state index is 13.5. The first kappa shape index (κ1) is 21.9. The van der Waals surface area contributed by atoms with Crippen molar-refractivity contribution >= 4 is 34.3 Å². The number of rotatable bonds is 6. The second kappa shape index (κ2) is 8.57. The van der Waals surface area contributed by atoms with E-state index in [4.69, 9.17) is 4.74 Å². The van der Waals surface area contributed by atoms with Gasteiger partial charge in [-0.2, -0.15) is 0 Å². The van der Waals surface area contributed by atoms with Gasteiger partial charge in [0.05, 0.1) is 18.4 Å². The van der Waals surface area contributed by atoms with Crippen LogP contribution >= 0.6 is 0 Å². The molecule has 3 aromatic carbocycles. The first-order chi connectivity index (χ1) is 17.6. The van der Waals surface area contributed by atoms with Crippen LogP contribution in [0.15, 0.2) is 79.0 Å². The molecule has 0 saturated carbocycles. The second-order valence-corrected chi connectivity index (χ2v) is 8.87. The Bertz CT molecular complexity index is 1530. The number of anilines is 1. The van der Waals surface area contributed by atoms with Gasteiger partial charge in [0.1, 0.15) is 18.5 Å². The summed E-state index contributed by atoms with van der Waals surface area (Å²) >= 11 is 0. The molecule has 0 unspecified atom stereocenters. The Labute approximate surface area is 207 Å². The Balaban J connectivity index is 1.21. The van der Waals surface area contributed by atoms with Gasteiger partial charge >= 0.3 is 0 Å². The summed E-state index contributed by atoms with van der Waals surface area (Å²) in [6, 6.07) is 22.2. The Morgan fingerprint density at radius 3 is 2.56 bits per heavy atom. The van der Waals surface area contributed by atoms with Crippen molar-refractivity contribution in [3.8, 4) is 5.75 Å². The maximum Gasteiger partial charge on any atom is 0.260 e. The number of para-hydroxylation sites is 1. The summed E-state index contributed by atoms with van der Waals surface area (Å²) in [5.41, 5.74) is 3.31. The van der Waals surface area contributed by atoms with Crippen LogP contribution in [0.3, 0.4) is 0 Å². The van der Waals surface area contributed by atoms with Crippen LogP contribution in [0.4, 0.5) is 5.69 Å². The minimum atomic E-state index is -0.648. The third kappa shape index (κ3) is 3.41. The molecule has 0 fully saturated rings. The van der Waals surface area contributed by atoms with Crippen LogP contribution in [0.1, 0.15) is 32.4 Å². The molecule has 8 heteroatoms. The summed E-state index contributed by atoms with van der Waals surface area (Å²) in [5, 5.41) is 3.99. The van der Waals surface area contributed by atoms with E-state index in [0.717, 1.165) is 22.2 Å². The number of hydrogen-bond donors (Lipinski definition) is 1. The lowest BCUT2D eigenvalue weighted by Gasteiger charge is -2.40. The molecule has 2 aliphatic rings. The van der Waals surface area contributed by atoms with Crippen LogP contribution in [-0.4, -0.2) is 47.4 Å². The van der Waals surface area contributed by atoms with Gasteiger partial charge in [0, 0.05) is 41.3 Å². The quantitative estimate of drug-likeness (QED) is 0.457. The molecule has 0 spiro atoms. The van der Waals surface area contributed by atoms with Gasteiger partial charge in [-0.25, -0.2) is 0 Å². The second-order valence-electron chi connectivity index (χ2n) is 8.87. The van der Waals surface area contributed by atoms with Crippen LogP contribution < -0.4 is 15.0 Å². The zero-order valence-corrected chi connectivity index (χ0v) is 19.7. The van der Waals surface area contributed by atoms with Crippen LogP contribution in [0.2, 0.25) is 0 Å². The van der Waals surface area contributed by atoms with Gasteiger partial charge < -0.3 is 19.5 Å². The molecule has 0 aliphatic carbocycles. The van der Waals surface area contributed by atoms with Crippen molar-refractivity contribution in [3.05, 3.63) is 95.7 Å². The lowest BCUT2D eigenvalue weighted by Crippen LogP contribution is -2.51. The number of amides is 3. The van der Waals surface area contributed by atoms with Crippen molar-refractivity contribution in [2.75, 3.05) is 25.1 Å². The standard InChI is InChI=1S/C28H24N4O4/c1-36-19-10-11-23-18(16-19)12-14-30(23)15-13-29-25(33)17-31-26-20-6-2-3-7-21(20)28(35)32(26)24-9-5-4-8-22(24)27(31)34/h2-12,14,16,26H,13,15,17H2,1H3,(H,29,33)/t26-/m0/s1. The lowest BCUT2D eigenvalue weighted by molar-refractivity contribution is -0.122. The molecule has 0 saturated heterocycles. The molecule has 36 heavy (non-hydrogen) atoms. The summed E-state index contributed by atoms with van der Waals surface area (Å²) in [6.07, 6.45) is 1.32. The first-order valence-electron chi connectivity index (χ1n) is 11.8. The molecule has 6 rings (SSSR count). The number of carbonyl (C=O) groups excluding carboxylic acids is 3. The molecule has 1 N–H and O–H groups in total. The Morgan fingerprint density at radius 1 is 0.944 bits per heavy atom. The highest BCUT2D eigenvalue weighted by molar-refractivity contribution is 6.17. The first-order valence-corrected chi connectivity index (χ1v) is 11.8. The number of methoxy groups -OCH3 is 1. The molecule has 2 aliphatic heterocycles. The number of fused-ring (bicyclic) bond motifs is 6. The topological polar surface area (TPSA) is 83.9 Å². The number of benzene rings is 3. The zero-order chi connectivity index (χ0) is 24.8. The SMILES string of the molecule is COc1ccc2c(ccn2CCNC(=O)CN2C(=O)c3ccccc3N3C(=O)c4ccccc4[C@@H]23)c1. The van der Waals surface area contributed by atoms with E-state index in [1.807, 2.05) is 48.7 Å². The third-order valence-corrected chi connectivity index (χ3v) is 6.85. The molecule has 1 aromatic heterocycles. The van der Waals surface area contributed by atoms with E-state index in [2.05, 4.69) is 9.88 Å². The summed E-state index contributed by atoms with van der Waals surface area (Å²) in [7, 11) is 1.64. The van der Waals surface area contributed by atoms with Crippen LogP contribution in [0, 0.1) is 0 Å². The molecule has 180 valence electrons. The highest BCUT2D eigenvalue weighted by Gasteiger charge is 2.47.